The molecular weight excluding hydrogens is 648 g/mol. The van der Waals surface area contributed by atoms with Crippen LogP contribution in [-0.2, 0) is 28.5 Å². The number of esters is 2. The second kappa shape index (κ2) is 18.8. The zero-order valence-corrected chi connectivity index (χ0v) is 31.0. The van der Waals surface area contributed by atoms with Crippen molar-refractivity contribution in [1.29, 1.82) is 0 Å². The summed E-state index contributed by atoms with van der Waals surface area (Å²) in [5, 5.41) is 41.3. The van der Waals surface area contributed by atoms with E-state index in [9.17, 15) is 34.8 Å². The fourth-order valence-corrected chi connectivity index (χ4v) is 6.95. The molecule has 0 bridgehead atoms. The van der Waals surface area contributed by atoms with Crippen molar-refractivity contribution in [3.05, 3.63) is 24.3 Å². The van der Waals surface area contributed by atoms with Gasteiger partial charge in [0.2, 0.25) is 0 Å². The lowest BCUT2D eigenvalue weighted by atomic mass is 9.86. The molecule has 50 heavy (non-hydrogen) atoms. The number of nitrogens with zero attached hydrogens (tertiary/aromatic N) is 2. The number of allylic oxidation sites excluding steroid dienone is 1. The predicted molar refractivity (Wildman–Crippen MR) is 186 cm³/mol. The highest BCUT2D eigenvalue weighted by Gasteiger charge is 2.47. The van der Waals surface area contributed by atoms with Crippen LogP contribution in [0.5, 0.6) is 0 Å². The second-order valence-electron chi connectivity index (χ2n) is 15.0. The lowest BCUT2D eigenvalue weighted by molar-refractivity contribution is -0.159. The number of hydrogen-bond acceptors (Lipinski definition) is 12. The van der Waals surface area contributed by atoms with Crippen molar-refractivity contribution in [2.45, 2.75) is 135 Å². The third kappa shape index (κ3) is 12.6. The second-order valence-corrected chi connectivity index (χ2v) is 15.0. The maximum atomic E-state index is 13.4. The molecule has 0 saturated carbocycles. The van der Waals surface area contributed by atoms with E-state index >= 15 is 0 Å². The molecule has 286 valence electrons. The zero-order chi connectivity index (χ0) is 37.2. The third-order valence-corrected chi connectivity index (χ3v) is 10.3. The fourth-order valence-electron chi connectivity index (χ4n) is 6.95. The van der Waals surface area contributed by atoms with E-state index in [2.05, 4.69) is 4.90 Å². The molecule has 1 amide bonds. The lowest BCUT2D eigenvalue weighted by Gasteiger charge is -2.40. The summed E-state index contributed by atoms with van der Waals surface area (Å²) in [6.45, 7) is 14.9. The molecule has 2 saturated heterocycles. The molecule has 3 rings (SSSR count). The number of hydrogen-bond donors (Lipinski definition) is 4. The number of aliphatic hydroxyl groups excluding tert-OH is 3. The van der Waals surface area contributed by atoms with Gasteiger partial charge in [-0.3, -0.25) is 14.5 Å². The van der Waals surface area contributed by atoms with E-state index in [4.69, 9.17) is 18.9 Å². The average Bonchev–Trinajstić information content (AvgIpc) is 3.81. The Kier molecular flexibility index (Phi) is 15.7. The number of ether oxygens (including phenoxy) is 4. The first kappa shape index (κ1) is 41.9. The van der Waals surface area contributed by atoms with Crippen LogP contribution in [-0.4, -0.2) is 135 Å². The summed E-state index contributed by atoms with van der Waals surface area (Å²) in [5.74, 6) is -1.69. The van der Waals surface area contributed by atoms with Crippen molar-refractivity contribution >= 4 is 18.0 Å². The number of rotatable bonds is 13. The van der Waals surface area contributed by atoms with Crippen LogP contribution >= 0.6 is 0 Å². The van der Waals surface area contributed by atoms with Crippen LogP contribution in [0.25, 0.3) is 0 Å². The molecule has 3 aliphatic heterocycles. The Morgan fingerprint density at radius 2 is 1.86 bits per heavy atom. The number of aliphatic hydroxyl groups is 4. The van der Waals surface area contributed by atoms with Crippen LogP contribution in [0.2, 0.25) is 0 Å². The minimum atomic E-state index is -1.35. The van der Waals surface area contributed by atoms with Crippen LogP contribution in [0, 0.1) is 17.8 Å². The van der Waals surface area contributed by atoms with Crippen molar-refractivity contribution in [2.24, 2.45) is 17.8 Å². The number of β-amino-alcohol motifs (C(OH)–C–C–N with tert-alkyl or cyclic N) is 1. The van der Waals surface area contributed by atoms with Gasteiger partial charge in [0.15, 0.2) is 11.7 Å². The summed E-state index contributed by atoms with van der Waals surface area (Å²) >= 11 is 0. The van der Waals surface area contributed by atoms with Crippen LogP contribution < -0.4 is 0 Å². The summed E-state index contributed by atoms with van der Waals surface area (Å²) in [4.78, 5) is 42.4. The molecule has 3 aliphatic rings. The molecule has 3 heterocycles. The minimum absolute atomic E-state index is 0.0158. The number of amides is 1. The molecule has 0 aliphatic carbocycles. The summed E-state index contributed by atoms with van der Waals surface area (Å²) in [6.07, 6.45) is 4.60. The maximum absolute atomic E-state index is 13.4. The Hall–Kier alpha value is -2.55. The molecule has 0 aromatic carbocycles. The maximum Gasteiger partial charge on any atom is 0.410 e. The first-order valence-electron chi connectivity index (χ1n) is 18.3. The molecule has 11 atom stereocenters. The number of carbonyl (C=O) groups excluding carboxylic acids is 3. The number of epoxide rings is 1. The summed E-state index contributed by atoms with van der Waals surface area (Å²) in [5.41, 5.74) is -2.49. The van der Waals surface area contributed by atoms with E-state index in [1.165, 1.54) is 6.92 Å². The van der Waals surface area contributed by atoms with Crippen LogP contribution in [0.4, 0.5) is 4.79 Å². The first-order chi connectivity index (χ1) is 23.5. The number of cyclic esters (lactones) is 1. The molecule has 0 aromatic rings. The first-order valence-corrected chi connectivity index (χ1v) is 18.3. The van der Waals surface area contributed by atoms with Crippen molar-refractivity contribution < 1.29 is 53.8 Å². The number of piperazine rings is 1. The van der Waals surface area contributed by atoms with E-state index in [0.717, 1.165) is 0 Å². The normalized spacial score (nSPS) is 33.6. The number of carbonyl (C=O) groups is 3. The topological polar surface area (TPSA) is 179 Å². The lowest BCUT2D eigenvalue weighted by Crippen LogP contribution is -2.53. The average molecular weight is 711 g/mol. The van der Waals surface area contributed by atoms with Gasteiger partial charge in [-0.1, -0.05) is 45.9 Å². The van der Waals surface area contributed by atoms with Crippen molar-refractivity contribution in [3.8, 4) is 0 Å². The standard InChI is InChI=1S/C37H62N2O11/c1-8-29(43)26(4)34-30(48-34)23-36(6,46)14-9-10-24(2)33-25(3)11-12-31(47-27(5)41)37(7,15-13-28(42)22-32(44)49-33)50-35(45)39-18-16-38(17-19-39)20-21-40/h9,11-12,14,24-26,28-31,33-34,40,42-43,46H,8,10,13,15-23H2,1-7H3/b12-11+,14-9+/t24?,25-,26?,28+,29?,30+,31-,33+,34+,36?,37+/m0/s1. The summed E-state index contributed by atoms with van der Waals surface area (Å²) < 4.78 is 23.5. The molecule has 0 aromatic heterocycles. The molecule has 0 radical (unpaired) electrons. The van der Waals surface area contributed by atoms with Crippen molar-refractivity contribution in [3.63, 3.8) is 0 Å². The Morgan fingerprint density at radius 3 is 2.48 bits per heavy atom. The molecular formula is C37H62N2O11. The van der Waals surface area contributed by atoms with Crippen LogP contribution in [0.3, 0.4) is 0 Å². The molecule has 13 nitrogen and oxygen atoms in total. The molecule has 2 fully saturated rings. The molecule has 0 spiro atoms. The molecule has 13 heteroatoms. The summed E-state index contributed by atoms with van der Waals surface area (Å²) in [7, 11) is 0. The quantitative estimate of drug-likeness (QED) is 0.0952. The highest BCUT2D eigenvalue weighted by atomic mass is 16.6. The molecule has 4 unspecified atom stereocenters. The highest BCUT2D eigenvalue weighted by molar-refractivity contribution is 5.70. The van der Waals surface area contributed by atoms with Gasteiger partial charge in [0.25, 0.3) is 0 Å². The van der Waals surface area contributed by atoms with E-state index in [1.54, 1.807) is 37.0 Å². The highest BCUT2D eigenvalue weighted by Crippen LogP contribution is 2.38. The van der Waals surface area contributed by atoms with Gasteiger partial charge in [0.05, 0.1) is 43.0 Å². The van der Waals surface area contributed by atoms with Gasteiger partial charge in [-0.05, 0) is 51.5 Å². The van der Waals surface area contributed by atoms with E-state index < -0.39 is 53.6 Å². The Balaban J connectivity index is 1.74. The fraction of sp³-hybridized carbons (Fsp3) is 0.811. The van der Waals surface area contributed by atoms with Crippen LogP contribution in [0.1, 0.15) is 87.0 Å². The van der Waals surface area contributed by atoms with Gasteiger partial charge in [-0.25, -0.2) is 4.79 Å². The van der Waals surface area contributed by atoms with E-state index in [-0.39, 0.29) is 55.8 Å². The Morgan fingerprint density at radius 1 is 1.18 bits per heavy atom. The zero-order valence-electron chi connectivity index (χ0n) is 31.0. The smallest absolute Gasteiger partial charge is 0.410 e. The SMILES string of the molecule is CCC(O)C(C)[C@H]1O[C@@H]1CC(C)(O)/C=C/CC(C)[C@H]1OC(=O)C[C@H](O)CC[C@@](C)(OC(=O)N2CCN(CCO)CC2)[C@@H](OC(C)=O)/C=C/[C@@H]1C. The van der Waals surface area contributed by atoms with Gasteiger partial charge >= 0.3 is 18.0 Å². The monoisotopic (exact) mass is 710 g/mol. The van der Waals surface area contributed by atoms with Gasteiger partial charge in [0, 0.05) is 57.9 Å². The predicted octanol–water partition coefficient (Wildman–Crippen LogP) is 2.97. The van der Waals surface area contributed by atoms with Crippen LogP contribution in [0.15, 0.2) is 24.3 Å². The third-order valence-electron chi connectivity index (χ3n) is 10.3. The summed E-state index contributed by atoms with van der Waals surface area (Å²) in [6, 6.07) is 0. The molecule has 4 N–H and O–H groups in total. The van der Waals surface area contributed by atoms with Crippen molar-refractivity contribution in [1.82, 2.24) is 9.80 Å². The van der Waals surface area contributed by atoms with E-state index in [1.807, 2.05) is 33.8 Å². The Bertz CT molecular complexity index is 1170. The van der Waals surface area contributed by atoms with Crippen molar-refractivity contribution in [2.75, 3.05) is 39.3 Å². The minimum Gasteiger partial charge on any atom is -0.461 e. The largest absolute Gasteiger partial charge is 0.461 e. The van der Waals surface area contributed by atoms with Gasteiger partial charge in [0.1, 0.15) is 6.10 Å². The van der Waals surface area contributed by atoms with Gasteiger partial charge in [-0.15, -0.1) is 0 Å². The van der Waals surface area contributed by atoms with Gasteiger partial charge in [-0.2, -0.15) is 0 Å². The van der Waals surface area contributed by atoms with Gasteiger partial charge < -0.3 is 44.3 Å². The van der Waals surface area contributed by atoms with E-state index in [0.29, 0.717) is 52.0 Å². The Labute approximate surface area is 297 Å².